The van der Waals surface area contributed by atoms with Crippen molar-refractivity contribution in [1.29, 1.82) is 0 Å². The van der Waals surface area contributed by atoms with E-state index in [9.17, 15) is 19.5 Å². The van der Waals surface area contributed by atoms with Gasteiger partial charge in [0.2, 0.25) is 0 Å². The molecule has 2 aromatic rings. The fourth-order valence-corrected chi connectivity index (χ4v) is 3.03. The molecule has 1 saturated heterocycles. The number of imide groups is 2. The monoisotopic (exact) mass is 410 g/mol. The van der Waals surface area contributed by atoms with Crippen LogP contribution in [0.4, 0.5) is 10.5 Å². The zero-order valence-corrected chi connectivity index (χ0v) is 15.1. The number of anilines is 1. The number of halogens is 3. The van der Waals surface area contributed by atoms with Crippen LogP contribution in [0.2, 0.25) is 15.1 Å². The Morgan fingerprint density at radius 3 is 2.27 bits per heavy atom. The molecule has 0 radical (unpaired) electrons. The van der Waals surface area contributed by atoms with E-state index in [1.807, 2.05) is 0 Å². The number of aromatic hydroxyl groups is 1. The summed E-state index contributed by atoms with van der Waals surface area (Å²) in [5.41, 5.74) is 0.208. The molecule has 1 aliphatic rings. The van der Waals surface area contributed by atoms with Crippen LogP contribution in [0.25, 0.3) is 6.08 Å². The first kappa shape index (κ1) is 18.3. The highest BCUT2D eigenvalue weighted by atomic mass is 35.5. The topological polar surface area (TPSA) is 86.7 Å². The molecular weight excluding hydrogens is 403 g/mol. The Labute approximate surface area is 162 Å². The van der Waals surface area contributed by atoms with Crippen LogP contribution in [0.1, 0.15) is 5.56 Å². The third-order valence-electron chi connectivity index (χ3n) is 3.52. The normalized spacial score (nSPS) is 16.2. The second-order valence-corrected chi connectivity index (χ2v) is 6.52. The van der Waals surface area contributed by atoms with E-state index in [2.05, 4.69) is 5.32 Å². The molecule has 2 N–H and O–H groups in total. The zero-order valence-electron chi connectivity index (χ0n) is 12.8. The average Bonchev–Trinajstić information content (AvgIpc) is 2.56. The number of hydrogen-bond acceptors (Lipinski definition) is 4. The molecular formula is C17H9Cl3N2O4. The molecule has 9 heteroatoms. The highest BCUT2D eigenvalue weighted by Gasteiger charge is 2.36. The molecule has 0 aliphatic carbocycles. The number of urea groups is 1. The van der Waals surface area contributed by atoms with Crippen molar-refractivity contribution in [2.24, 2.45) is 0 Å². The summed E-state index contributed by atoms with van der Waals surface area (Å²) in [5, 5.41) is 11.9. The number of carbonyl (C=O) groups excluding carboxylic acids is 3. The van der Waals surface area contributed by atoms with Crippen LogP contribution in [0, 0.1) is 0 Å². The highest BCUT2D eigenvalue weighted by molar-refractivity contribution is 6.40. The van der Waals surface area contributed by atoms with Gasteiger partial charge in [-0.3, -0.25) is 14.9 Å². The molecule has 4 amide bonds. The molecule has 0 spiro atoms. The molecule has 0 bridgehead atoms. The van der Waals surface area contributed by atoms with E-state index in [1.54, 1.807) is 12.1 Å². The van der Waals surface area contributed by atoms with Crippen LogP contribution >= 0.6 is 34.8 Å². The first-order valence-corrected chi connectivity index (χ1v) is 8.26. The number of rotatable bonds is 2. The summed E-state index contributed by atoms with van der Waals surface area (Å²) >= 11 is 17.6. The summed E-state index contributed by atoms with van der Waals surface area (Å²) in [6.07, 6.45) is 1.22. The third-order valence-corrected chi connectivity index (χ3v) is 4.33. The molecule has 6 nitrogen and oxygen atoms in total. The van der Waals surface area contributed by atoms with Crippen LogP contribution in [-0.2, 0) is 9.59 Å². The standard InChI is InChI=1S/C17H9Cl3N2O4/c18-9-2-1-3-10(7-9)22-16(25)11(15(24)21-17(22)26)4-8-5-12(19)14(23)13(20)6-8/h1-7,23H,(H,21,24,26)/b11-4+. The quantitative estimate of drug-likeness (QED) is 0.577. The summed E-state index contributed by atoms with van der Waals surface area (Å²) in [5.74, 6) is -2.01. The Hall–Kier alpha value is -2.54. The highest BCUT2D eigenvalue weighted by Crippen LogP contribution is 2.34. The molecule has 26 heavy (non-hydrogen) atoms. The Morgan fingerprint density at radius 2 is 1.65 bits per heavy atom. The minimum Gasteiger partial charge on any atom is -0.505 e. The molecule has 3 rings (SSSR count). The number of phenolic OH excluding ortho intramolecular Hbond substituents is 1. The number of benzene rings is 2. The van der Waals surface area contributed by atoms with Gasteiger partial charge < -0.3 is 5.11 Å². The summed E-state index contributed by atoms with van der Waals surface area (Å²) in [6.45, 7) is 0. The number of carbonyl (C=O) groups is 3. The van der Waals surface area contributed by atoms with Crippen molar-refractivity contribution in [3.05, 3.63) is 62.6 Å². The molecule has 1 fully saturated rings. The minimum absolute atomic E-state index is 0.0456. The summed E-state index contributed by atoms with van der Waals surface area (Å²) in [6, 6.07) is 7.84. The molecule has 0 saturated carbocycles. The summed E-state index contributed by atoms with van der Waals surface area (Å²) in [7, 11) is 0. The van der Waals surface area contributed by atoms with Gasteiger partial charge in [-0.2, -0.15) is 0 Å². The second-order valence-electron chi connectivity index (χ2n) is 5.27. The van der Waals surface area contributed by atoms with Gasteiger partial charge in [0.25, 0.3) is 11.8 Å². The number of nitrogens with one attached hydrogen (secondary N) is 1. The van der Waals surface area contributed by atoms with Crippen molar-refractivity contribution in [2.45, 2.75) is 0 Å². The third kappa shape index (κ3) is 3.39. The Balaban J connectivity index is 2.06. The van der Waals surface area contributed by atoms with E-state index in [1.165, 1.54) is 30.3 Å². The van der Waals surface area contributed by atoms with Crippen molar-refractivity contribution in [1.82, 2.24) is 5.32 Å². The lowest BCUT2D eigenvalue weighted by Gasteiger charge is -2.26. The van der Waals surface area contributed by atoms with E-state index >= 15 is 0 Å². The number of nitrogens with zero attached hydrogens (tertiary/aromatic N) is 1. The molecule has 132 valence electrons. The van der Waals surface area contributed by atoms with E-state index in [0.717, 1.165) is 4.90 Å². The van der Waals surface area contributed by atoms with Gasteiger partial charge in [-0.1, -0.05) is 40.9 Å². The molecule has 0 unspecified atom stereocenters. The fourth-order valence-electron chi connectivity index (χ4n) is 2.34. The van der Waals surface area contributed by atoms with E-state index in [4.69, 9.17) is 34.8 Å². The van der Waals surface area contributed by atoms with Crippen LogP contribution in [0.3, 0.4) is 0 Å². The van der Waals surface area contributed by atoms with Crippen molar-refractivity contribution in [3.8, 4) is 5.75 Å². The molecule has 1 aliphatic heterocycles. The Morgan fingerprint density at radius 1 is 1.00 bits per heavy atom. The molecule has 2 aromatic carbocycles. The lowest BCUT2D eigenvalue weighted by atomic mass is 10.1. The van der Waals surface area contributed by atoms with E-state index in [0.29, 0.717) is 10.6 Å². The van der Waals surface area contributed by atoms with Crippen LogP contribution in [-0.4, -0.2) is 23.0 Å². The van der Waals surface area contributed by atoms with Crippen LogP contribution in [0.15, 0.2) is 42.0 Å². The first-order chi connectivity index (χ1) is 12.3. The predicted molar refractivity (Wildman–Crippen MR) is 98.6 cm³/mol. The van der Waals surface area contributed by atoms with Gasteiger partial charge in [0.05, 0.1) is 15.7 Å². The summed E-state index contributed by atoms with van der Waals surface area (Å²) < 4.78 is 0. The maximum Gasteiger partial charge on any atom is 0.335 e. The van der Waals surface area contributed by atoms with Crippen molar-refractivity contribution in [2.75, 3.05) is 4.90 Å². The van der Waals surface area contributed by atoms with Gasteiger partial charge in [-0.05, 0) is 42.0 Å². The molecule has 0 aromatic heterocycles. The van der Waals surface area contributed by atoms with Crippen LogP contribution < -0.4 is 10.2 Å². The van der Waals surface area contributed by atoms with Gasteiger partial charge >= 0.3 is 6.03 Å². The number of hydrogen-bond donors (Lipinski definition) is 2. The Kier molecular flexibility index (Phi) is 4.91. The van der Waals surface area contributed by atoms with E-state index < -0.39 is 17.8 Å². The minimum atomic E-state index is -0.888. The zero-order chi connectivity index (χ0) is 19.0. The maximum atomic E-state index is 12.7. The van der Waals surface area contributed by atoms with E-state index in [-0.39, 0.29) is 27.1 Å². The van der Waals surface area contributed by atoms with Gasteiger partial charge in [0.1, 0.15) is 5.57 Å². The van der Waals surface area contributed by atoms with Gasteiger partial charge in [-0.15, -0.1) is 0 Å². The molecule has 0 atom stereocenters. The first-order valence-electron chi connectivity index (χ1n) is 7.13. The average molecular weight is 412 g/mol. The van der Waals surface area contributed by atoms with Crippen molar-refractivity contribution < 1.29 is 19.5 Å². The second kappa shape index (κ2) is 6.99. The maximum absolute atomic E-state index is 12.7. The summed E-state index contributed by atoms with van der Waals surface area (Å²) in [4.78, 5) is 37.7. The lowest BCUT2D eigenvalue weighted by Crippen LogP contribution is -2.54. The number of barbiturate groups is 1. The predicted octanol–water partition coefficient (Wildman–Crippen LogP) is 4.02. The van der Waals surface area contributed by atoms with Crippen molar-refractivity contribution >= 4 is 64.4 Å². The fraction of sp³-hybridized carbons (Fsp3) is 0. The SMILES string of the molecule is O=C1NC(=O)N(c2cccc(Cl)c2)C(=O)/C1=C/c1cc(Cl)c(O)c(Cl)c1. The van der Waals surface area contributed by atoms with Gasteiger partial charge in [-0.25, -0.2) is 9.69 Å². The van der Waals surface area contributed by atoms with Crippen molar-refractivity contribution in [3.63, 3.8) is 0 Å². The number of amides is 4. The molecule has 1 heterocycles. The number of phenols is 1. The Bertz CT molecular complexity index is 965. The smallest absolute Gasteiger partial charge is 0.335 e. The van der Waals surface area contributed by atoms with Gasteiger partial charge in [0.15, 0.2) is 5.75 Å². The lowest BCUT2D eigenvalue weighted by molar-refractivity contribution is -0.122. The van der Waals surface area contributed by atoms with Gasteiger partial charge in [0, 0.05) is 5.02 Å². The largest absolute Gasteiger partial charge is 0.505 e. The van der Waals surface area contributed by atoms with Crippen LogP contribution in [0.5, 0.6) is 5.75 Å².